The van der Waals surface area contributed by atoms with E-state index in [-0.39, 0.29) is 6.61 Å². The van der Waals surface area contributed by atoms with E-state index in [4.69, 9.17) is 15.2 Å². The summed E-state index contributed by atoms with van der Waals surface area (Å²) in [5, 5.41) is 4.31. The van der Waals surface area contributed by atoms with Crippen LogP contribution < -0.4 is 10.5 Å². The quantitative estimate of drug-likeness (QED) is 0.674. The van der Waals surface area contributed by atoms with Crippen LogP contribution in [0.1, 0.15) is 28.7 Å². The number of hydrogen-bond donors (Lipinski definition) is 1. The lowest BCUT2D eigenvalue weighted by atomic mass is 10.2. The Morgan fingerprint density at radius 2 is 2.14 bits per heavy atom. The van der Waals surface area contributed by atoms with Gasteiger partial charge in [0.05, 0.1) is 29.7 Å². The van der Waals surface area contributed by atoms with Gasteiger partial charge in [-0.2, -0.15) is 5.10 Å². The number of aromatic nitrogens is 2. The molecule has 0 atom stereocenters. The Morgan fingerprint density at radius 3 is 2.76 bits per heavy atom. The van der Waals surface area contributed by atoms with E-state index >= 15 is 0 Å². The maximum atomic E-state index is 12.0. The van der Waals surface area contributed by atoms with Gasteiger partial charge < -0.3 is 15.2 Å². The number of carbonyl (C=O) groups is 1. The summed E-state index contributed by atoms with van der Waals surface area (Å²) < 4.78 is 12.2. The van der Waals surface area contributed by atoms with Crippen LogP contribution in [0.4, 0.5) is 5.69 Å². The van der Waals surface area contributed by atoms with E-state index in [1.807, 2.05) is 24.6 Å². The molecule has 1 aromatic heterocycles. The van der Waals surface area contributed by atoms with E-state index in [1.54, 1.807) is 18.2 Å². The van der Waals surface area contributed by atoms with E-state index in [9.17, 15) is 4.79 Å². The van der Waals surface area contributed by atoms with Crippen molar-refractivity contribution in [2.75, 3.05) is 12.8 Å². The number of nitrogen functional groups attached to an aromatic ring is 1. The van der Waals surface area contributed by atoms with Gasteiger partial charge in [0.25, 0.3) is 0 Å². The molecule has 0 spiro atoms. The number of esters is 1. The summed E-state index contributed by atoms with van der Waals surface area (Å²) in [5.74, 6) is 0.108. The van der Waals surface area contributed by atoms with Crippen molar-refractivity contribution in [1.82, 2.24) is 9.78 Å². The molecule has 1 heterocycles. The van der Waals surface area contributed by atoms with E-state index < -0.39 is 5.97 Å². The van der Waals surface area contributed by atoms with Crippen molar-refractivity contribution in [3.05, 3.63) is 41.2 Å². The van der Waals surface area contributed by atoms with E-state index in [0.29, 0.717) is 17.0 Å². The smallest absolute Gasteiger partial charge is 0.338 e. The number of carbonyl (C=O) groups excluding carboxylic acids is 1. The maximum Gasteiger partial charge on any atom is 0.338 e. The fourth-order valence-corrected chi connectivity index (χ4v) is 2.07. The maximum absolute atomic E-state index is 12.0. The van der Waals surface area contributed by atoms with Crippen LogP contribution in [0.2, 0.25) is 0 Å². The molecule has 6 nitrogen and oxygen atoms in total. The molecule has 1 aromatic carbocycles. The highest BCUT2D eigenvalue weighted by atomic mass is 16.5. The van der Waals surface area contributed by atoms with Crippen molar-refractivity contribution in [3.63, 3.8) is 0 Å². The monoisotopic (exact) mass is 289 g/mol. The molecule has 0 radical (unpaired) electrons. The Hall–Kier alpha value is -2.50. The van der Waals surface area contributed by atoms with Crippen molar-refractivity contribution >= 4 is 11.7 Å². The fourth-order valence-electron chi connectivity index (χ4n) is 2.07. The van der Waals surface area contributed by atoms with Gasteiger partial charge in [0, 0.05) is 6.54 Å². The number of anilines is 1. The fraction of sp³-hybridized carbons (Fsp3) is 0.333. The van der Waals surface area contributed by atoms with Gasteiger partial charge in [-0.25, -0.2) is 4.79 Å². The average molecular weight is 289 g/mol. The van der Waals surface area contributed by atoms with Gasteiger partial charge in [0.1, 0.15) is 12.4 Å². The minimum absolute atomic E-state index is 0.180. The minimum atomic E-state index is -0.425. The van der Waals surface area contributed by atoms with Crippen molar-refractivity contribution in [3.8, 4) is 5.75 Å². The molecule has 2 N–H and O–H groups in total. The molecule has 0 fully saturated rings. The Bertz CT molecular complexity index is 650. The van der Waals surface area contributed by atoms with Gasteiger partial charge in [0.15, 0.2) is 0 Å². The Morgan fingerprint density at radius 1 is 1.38 bits per heavy atom. The lowest BCUT2D eigenvalue weighted by Gasteiger charge is -2.08. The van der Waals surface area contributed by atoms with Crippen molar-refractivity contribution < 1.29 is 14.3 Å². The third kappa shape index (κ3) is 3.34. The van der Waals surface area contributed by atoms with E-state index in [0.717, 1.165) is 17.9 Å². The number of benzene rings is 1. The summed E-state index contributed by atoms with van der Waals surface area (Å²) in [6.45, 7) is 4.80. The van der Waals surface area contributed by atoms with Crippen LogP contribution >= 0.6 is 0 Å². The first-order chi connectivity index (χ1) is 10.0. The summed E-state index contributed by atoms with van der Waals surface area (Å²) in [5.41, 5.74) is 8.34. The molecule has 6 heteroatoms. The molecule has 0 saturated heterocycles. The Balaban J connectivity index is 2.06. The SMILES string of the molecule is CCn1nc(C)cc1COC(=O)c1ccc(OC)c(N)c1. The summed E-state index contributed by atoms with van der Waals surface area (Å²) >= 11 is 0. The summed E-state index contributed by atoms with van der Waals surface area (Å²) in [7, 11) is 1.53. The average Bonchev–Trinajstić information content (AvgIpc) is 2.84. The number of methoxy groups -OCH3 is 1. The summed E-state index contributed by atoms with van der Waals surface area (Å²) in [6.07, 6.45) is 0. The first-order valence-corrected chi connectivity index (χ1v) is 6.69. The highest BCUT2D eigenvalue weighted by molar-refractivity contribution is 5.91. The predicted octanol–water partition coefficient (Wildman–Crippen LogP) is 2.16. The standard InChI is InChI=1S/C15H19N3O3/c1-4-18-12(7-10(2)17-18)9-21-15(19)11-5-6-14(20-3)13(16)8-11/h5-8H,4,9,16H2,1-3H3. The first-order valence-electron chi connectivity index (χ1n) is 6.69. The number of nitrogens with zero attached hydrogens (tertiary/aromatic N) is 2. The Kier molecular flexibility index (Phi) is 4.47. The van der Waals surface area contributed by atoms with Crippen LogP contribution in [0.5, 0.6) is 5.75 Å². The topological polar surface area (TPSA) is 79.4 Å². The second-order valence-electron chi connectivity index (χ2n) is 4.63. The lowest BCUT2D eigenvalue weighted by molar-refractivity contribution is 0.0462. The number of hydrogen-bond acceptors (Lipinski definition) is 5. The van der Waals surface area contributed by atoms with E-state index in [2.05, 4.69) is 5.10 Å². The molecule has 0 aliphatic heterocycles. The molecular formula is C15H19N3O3. The van der Waals surface area contributed by atoms with Gasteiger partial charge in [-0.15, -0.1) is 0 Å². The van der Waals surface area contributed by atoms with Gasteiger partial charge in [0.2, 0.25) is 0 Å². The highest BCUT2D eigenvalue weighted by Crippen LogP contribution is 2.22. The molecule has 0 aliphatic carbocycles. The van der Waals surface area contributed by atoms with Gasteiger partial charge >= 0.3 is 5.97 Å². The van der Waals surface area contributed by atoms with Crippen LogP contribution in [-0.4, -0.2) is 22.9 Å². The molecule has 0 aliphatic rings. The van der Waals surface area contributed by atoms with Crippen molar-refractivity contribution in [2.24, 2.45) is 0 Å². The largest absolute Gasteiger partial charge is 0.495 e. The third-order valence-corrected chi connectivity index (χ3v) is 3.10. The molecule has 0 bridgehead atoms. The highest BCUT2D eigenvalue weighted by Gasteiger charge is 2.12. The third-order valence-electron chi connectivity index (χ3n) is 3.10. The van der Waals surface area contributed by atoms with Crippen LogP contribution in [0.3, 0.4) is 0 Å². The lowest BCUT2D eigenvalue weighted by Crippen LogP contribution is -2.10. The molecule has 0 unspecified atom stereocenters. The summed E-state index contributed by atoms with van der Waals surface area (Å²) in [4.78, 5) is 12.0. The molecule has 0 amide bonds. The zero-order valence-corrected chi connectivity index (χ0v) is 12.4. The molecule has 0 saturated carbocycles. The Labute approximate surface area is 123 Å². The zero-order chi connectivity index (χ0) is 15.4. The van der Waals surface area contributed by atoms with Gasteiger partial charge in [-0.1, -0.05) is 0 Å². The normalized spacial score (nSPS) is 10.4. The number of aryl methyl sites for hydroxylation is 2. The van der Waals surface area contributed by atoms with Crippen molar-refractivity contribution in [2.45, 2.75) is 27.0 Å². The molecule has 2 aromatic rings. The van der Waals surface area contributed by atoms with Crippen LogP contribution in [0.15, 0.2) is 24.3 Å². The minimum Gasteiger partial charge on any atom is -0.495 e. The number of nitrogens with two attached hydrogens (primary N) is 1. The zero-order valence-electron chi connectivity index (χ0n) is 12.4. The number of rotatable bonds is 5. The molecule has 2 rings (SSSR count). The second-order valence-corrected chi connectivity index (χ2v) is 4.63. The van der Waals surface area contributed by atoms with Crippen molar-refractivity contribution in [1.29, 1.82) is 0 Å². The number of ether oxygens (including phenoxy) is 2. The molecular weight excluding hydrogens is 270 g/mol. The van der Waals surface area contributed by atoms with Gasteiger partial charge in [-0.3, -0.25) is 4.68 Å². The predicted molar refractivity (Wildman–Crippen MR) is 79.2 cm³/mol. The molecule has 21 heavy (non-hydrogen) atoms. The van der Waals surface area contributed by atoms with Crippen LogP contribution in [0, 0.1) is 6.92 Å². The van der Waals surface area contributed by atoms with Crippen LogP contribution in [-0.2, 0) is 17.9 Å². The first kappa shape index (κ1) is 14.9. The summed E-state index contributed by atoms with van der Waals surface area (Å²) in [6, 6.07) is 6.72. The second kappa shape index (κ2) is 6.30. The molecule has 112 valence electrons. The van der Waals surface area contributed by atoms with E-state index in [1.165, 1.54) is 7.11 Å². The van der Waals surface area contributed by atoms with Gasteiger partial charge in [-0.05, 0) is 38.1 Å². The van der Waals surface area contributed by atoms with Crippen LogP contribution in [0.25, 0.3) is 0 Å².